The van der Waals surface area contributed by atoms with E-state index in [2.05, 4.69) is 46.0 Å². The summed E-state index contributed by atoms with van der Waals surface area (Å²) in [5, 5.41) is 9.39. The molecule has 0 unspecified atom stereocenters. The minimum absolute atomic E-state index is 0.896. The highest BCUT2D eigenvalue weighted by atomic mass is 35.7. The summed E-state index contributed by atoms with van der Waals surface area (Å²) in [7, 11) is -4.94. The fourth-order valence-corrected chi connectivity index (χ4v) is 3.14. The SMILES string of the molecule is [O-][Cl+3]([O-])([O-])[O-].c1ccc(-c2cc(-c3ccccc3)[n+]3c4ccccc4nn3n2)cc1. The zero-order valence-corrected chi connectivity index (χ0v) is 16.2. The molecular weight excluding hydrogens is 408 g/mol. The van der Waals surface area contributed by atoms with Crippen LogP contribution in [0, 0.1) is 10.2 Å². The Morgan fingerprint density at radius 3 is 1.83 bits per heavy atom. The van der Waals surface area contributed by atoms with Crippen LogP contribution in [0.5, 0.6) is 0 Å². The summed E-state index contributed by atoms with van der Waals surface area (Å²) in [6.45, 7) is 0. The molecule has 0 saturated carbocycles. The van der Waals surface area contributed by atoms with Crippen molar-refractivity contribution in [3.05, 3.63) is 91.0 Å². The highest BCUT2D eigenvalue weighted by Crippen LogP contribution is 2.22. The smallest absolute Gasteiger partial charge is 0.207 e. The van der Waals surface area contributed by atoms with E-state index in [4.69, 9.17) is 23.7 Å². The van der Waals surface area contributed by atoms with Crippen molar-refractivity contribution in [2.45, 2.75) is 0 Å². The van der Waals surface area contributed by atoms with E-state index in [1.165, 1.54) is 0 Å². The molecule has 0 aliphatic heterocycles. The summed E-state index contributed by atoms with van der Waals surface area (Å²) in [6.07, 6.45) is 0. The average molecular weight is 423 g/mol. The molecule has 0 radical (unpaired) electrons. The van der Waals surface area contributed by atoms with Crippen LogP contribution in [0.3, 0.4) is 0 Å². The molecule has 0 saturated heterocycles. The Morgan fingerprint density at radius 2 is 1.20 bits per heavy atom. The second-order valence-corrected chi connectivity index (χ2v) is 7.05. The van der Waals surface area contributed by atoms with Gasteiger partial charge in [-0.1, -0.05) is 72.8 Å². The summed E-state index contributed by atoms with van der Waals surface area (Å²) >= 11 is 0. The Hall–Kier alpha value is -3.40. The minimum atomic E-state index is -4.94. The molecule has 0 aliphatic rings. The number of hydrogen-bond acceptors (Lipinski definition) is 6. The summed E-state index contributed by atoms with van der Waals surface area (Å²) in [5.74, 6) is 0. The Labute approximate surface area is 173 Å². The lowest BCUT2D eigenvalue weighted by Crippen LogP contribution is -2.68. The Kier molecular flexibility index (Phi) is 5.40. The molecule has 0 fully saturated rings. The first-order valence-corrected chi connectivity index (χ1v) is 10.1. The van der Waals surface area contributed by atoms with Crippen molar-refractivity contribution >= 4 is 11.0 Å². The molecule has 150 valence electrons. The fourth-order valence-electron chi connectivity index (χ4n) is 3.14. The first-order valence-electron chi connectivity index (χ1n) is 8.84. The van der Waals surface area contributed by atoms with Crippen molar-refractivity contribution in [3.8, 4) is 22.5 Å². The van der Waals surface area contributed by atoms with Crippen molar-refractivity contribution < 1.29 is 33.4 Å². The maximum absolute atomic E-state index is 8.49. The number of halogens is 1. The number of fused-ring (bicyclic) bond motifs is 3. The van der Waals surface area contributed by atoms with Crippen LogP contribution < -0.4 is 23.2 Å². The Balaban J connectivity index is 0.000000393. The van der Waals surface area contributed by atoms with Gasteiger partial charge in [-0.3, -0.25) is 0 Å². The van der Waals surface area contributed by atoms with E-state index in [0.29, 0.717) is 0 Å². The lowest BCUT2D eigenvalue weighted by Gasteiger charge is -2.17. The van der Waals surface area contributed by atoms with E-state index in [9.17, 15) is 0 Å². The number of para-hydroxylation sites is 1. The molecule has 9 heteroatoms. The summed E-state index contributed by atoms with van der Waals surface area (Å²) in [4.78, 5) is 0. The van der Waals surface area contributed by atoms with Crippen LogP contribution in [0.25, 0.3) is 33.5 Å². The third kappa shape index (κ3) is 4.43. The normalized spacial score (nSPS) is 11.3. The highest BCUT2D eigenvalue weighted by molar-refractivity contribution is 5.72. The quantitative estimate of drug-likeness (QED) is 0.337. The van der Waals surface area contributed by atoms with Gasteiger partial charge in [0.15, 0.2) is 11.2 Å². The molecule has 30 heavy (non-hydrogen) atoms. The number of hydrogen-bond donors (Lipinski definition) is 0. The summed E-state index contributed by atoms with van der Waals surface area (Å²) < 4.78 is 37.7. The molecule has 0 atom stereocenters. The molecule has 5 rings (SSSR count). The van der Waals surface area contributed by atoms with Crippen LogP contribution in [-0.2, 0) is 0 Å². The van der Waals surface area contributed by atoms with Crippen LogP contribution in [0.4, 0.5) is 0 Å². The maximum Gasteiger partial charge on any atom is 0.207 e. The van der Waals surface area contributed by atoms with Gasteiger partial charge in [-0.25, -0.2) is 18.6 Å². The van der Waals surface area contributed by atoms with E-state index in [-0.39, 0.29) is 0 Å². The third-order valence-corrected chi connectivity index (χ3v) is 4.32. The van der Waals surface area contributed by atoms with Crippen molar-refractivity contribution in [2.75, 3.05) is 0 Å². The molecular formula is C21H15ClN4O4. The van der Waals surface area contributed by atoms with Gasteiger partial charge in [0.1, 0.15) is 5.69 Å². The second-order valence-electron chi connectivity index (χ2n) is 6.29. The van der Waals surface area contributed by atoms with E-state index < -0.39 is 10.2 Å². The van der Waals surface area contributed by atoms with Gasteiger partial charge in [-0.05, 0) is 12.1 Å². The molecule has 3 aromatic carbocycles. The zero-order valence-electron chi connectivity index (χ0n) is 15.5. The lowest BCUT2D eigenvalue weighted by molar-refractivity contribution is -2.00. The van der Waals surface area contributed by atoms with Crippen LogP contribution in [0.2, 0.25) is 0 Å². The van der Waals surface area contributed by atoms with Gasteiger partial charge >= 0.3 is 0 Å². The topological polar surface area (TPSA) is 127 Å². The number of rotatable bonds is 2. The number of nitrogens with zero attached hydrogens (tertiary/aromatic N) is 4. The number of benzene rings is 3. The summed E-state index contributed by atoms with van der Waals surface area (Å²) in [5.41, 5.74) is 6.11. The Bertz CT molecular complexity index is 1280. The van der Waals surface area contributed by atoms with Crippen molar-refractivity contribution in [1.82, 2.24) is 14.9 Å². The second kappa shape index (κ2) is 8.15. The predicted molar refractivity (Wildman–Crippen MR) is 97.0 cm³/mol. The first kappa shape index (κ1) is 19.9. The highest BCUT2D eigenvalue weighted by Gasteiger charge is 2.20. The van der Waals surface area contributed by atoms with E-state index in [1.807, 2.05) is 54.6 Å². The Morgan fingerprint density at radius 1 is 0.667 bits per heavy atom. The summed E-state index contributed by atoms with van der Waals surface area (Å²) in [6, 6.07) is 30.8. The van der Waals surface area contributed by atoms with Crippen LogP contribution in [-0.4, -0.2) is 14.9 Å². The first-order chi connectivity index (χ1) is 14.4. The standard InChI is InChI=1S/C21H15N4.ClHO4/c1-3-9-16(10-4-1)19-15-21(17-11-5-2-6-12-17)24-20-14-8-7-13-18(20)22-25(24)23-19;2-1(3,4)5/h1-15H;(H,2,3,4,5)/q+1;/p-1. The van der Waals surface area contributed by atoms with E-state index >= 15 is 0 Å². The largest absolute Gasteiger partial charge is 0.222 e. The van der Waals surface area contributed by atoms with Crippen molar-refractivity contribution in [2.24, 2.45) is 0 Å². The molecule has 0 spiro atoms. The average Bonchev–Trinajstić information content (AvgIpc) is 3.12. The van der Waals surface area contributed by atoms with Gasteiger partial charge in [0.25, 0.3) is 0 Å². The van der Waals surface area contributed by atoms with Crippen LogP contribution in [0.1, 0.15) is 0 Å². The third-order valence-electron chi connectivity index (χ3n) is 4.32. The predicted octanol–water partition coefficient (Wildman–Crippen LogP) is -0.954. The van der Waals surface area contributed by atoms with Gasteiger partial charge in [0, 0.05) is 27.4 Å². The van der Waals surface area contributed by atoms with Gasteiger partial charge in [-0.2, -0.15) is 0 Å². The molecule has 0 amide bonds. The van der Waals surface area contributed by atoms with Crippen LogP contribution >= 0.6 is 0 Å². The molecule has 2 aromatic heterocycles. The molecule has 8 nitrogen and oxygen atoms in total. The van der Waals surface area contributed by atoms with Crippen LogP contribution in [0.15, 0.2) is 91.0 Å². The monoisotopic (exact) mass is 422 g/mol. The number of aromatic nitrogens is 4. The minimum Gasteiger partial charge on any atom is -0.222 e. The maximum atomic E-state index is 8.49. The molecule has 2 heterocycles. The molecule has 0 N–H and O–H groups in total. The van der Waals surface area contributed by atoms with E-state index in [1.54, 1.807) is 4.74 Å². The lowest BCUT2D eigenvalue weighted by atomic mass is 10.1. The molecule has 5 aromatic rings. The van der Waals surface area contributed by atoms with Gasteiger partial charge in [0.2, 0.25) is 5.52 Å². The van der Waals surface area contributed by atoms with Gasteiger partial charge in [0.05, 0.1) is 4.74 Å². The van der Waals surface area contributed by atoms with E-state index in [0.717, 1.165) is 33.5 Å². The van der Waals surface area contributed by atoms with Gasteiger partial charge in [-0.15, -0.1) is 14.8 Å². The van der Waals surface area contributed by atoms with Crippen molar-refractivity contribution in [3.63, 3.8) is 0 Å². The zero-order chi connectivity index (χ0) is 21.1. The molecule has 0 aliphatic carbocycles. The fraction of sp³-hybridized carbons (Fsp3) is 0. The van der Waals surface area contributed by atoms with Crippen molar-refractivity contribution in [1.29, 1.82) is 0 Å². The molecule has 0 bridgehead atoms. The van der Waals surface area contributed by atoms with Gasteiger partial charge < -0.3 is 0 Å².